The Morgan fingerprint density at radius 1 is 0.881 bits per heavy atom. The quantitative estimate of drug-likeness (QED) is 0.275. The maximum Gasteiger partial charge on any atom is 0.416 e. The molecule has 2 aromatic carbocycles. The largest absolute Gasteiger partial charge is 0.416 e. The minimum absolute atomic E-state index is 0.0571. The van der Waals surface area contributed by atoms with Crippen LogP contribution in [0, 0.1) is 0 Å². The summed E-state index contributed by atoms with van der Waals surface area (Å²) in [6.07, 6.45) is -7.33. The Kier molecular flexibility index (Phi) is 8.16. The zero-order chi connectivity index (χ0) is 29.9. The molecule has 1 aliphatic heterocycles. The van der Waals surface area contributed by atoms with Crippen molar-refractivity contribution in [3.05, 3.63) is 83.6 Å². The molecule has 3 heterocycles. The number of aromatic nitrogens is 3. The summed E-state index contributed by atoms with van der Waals surface area (Å²) in [5.74, 6) is -0.0287. The van der Waals surface area contributed by atoms with Crippen LogP contribution >= 0.6 is 0 Å². The molecule has 0 saturated carbocycles. The fraction of sp³-hybridized carbons (Fsp3) is 0.286. The minimum atomic E-state index is -4.45. The van der Waals surface area contributed by atoms with E-state index in [9.17, 15) is 31.1 Å². The van der Waals surface area contributed by atoms with Gasteiger partial charge in [-0.15, -0.1) is 0 Å². The van der Waals surface area contributed by atoms with E-state index in [-0.39, 0.29) is 17.6 Å². The average Bonchev–Trinajstić information content (AvgIpc) is 3.47. The highest BCUT2D eigenvalue weighted by Crippen LogP contribution is 2.31. The SMILES string of the molecule is O=C(c1ccc(-c2nc(-c3ccc(C(F)(F)F)cc3)no2)nc1)N1CCN(Cc2ccc(NCC(F)(F)F)cc2)CC1. The Morgan fingerprint density at radius 3 is 2.17 bits per heavy atom. The van der Waals surface area contributed by atoms with Crippen molar-refractivity contribution < 1.29 is 35.7 Å². The van der Waals surface area contributed by atoms with Crippen LogP contribution in [0.5, 0.6) is 0 Å². The van der Waals surface area contributed by atoms with Gasteiger partial charge >= 0.3 is 12.4 Å². The molecule has 1 saturated heterocycles. The van der Waals surface area contributed by atoms with Gasteiger partial charge in [0.05, 0.1) is 11.1 Å². The number of alkyl halides is 6. The molecular weight excluding hydrogens is 566 g/mol. The first-order valence-corrected chi connectivity index (χ1v) is 12.8. The molecule has 0 atom stereocenters. The second-order valence-corrected chi connectivity index (χ2v) is 9.66. The lowest BCUT2D eigenvalue weighted by Crippen LogP contribution is -2.48. The number of halogens is 6. The number of benzene rings is 2. The Hall–Kier alpha value is -4.46. The summed E-state index contributed by atoms with van der Waals surface area (Å²) in [6, 6.07) is 14.3. The lowest BCUT2D eigenvalue weighted by Gasteiger charge is -2.34. The maximum absolute atomic E-state index is 13.0. The highest BCUT2D eigenvalue weighted by molar-refractivity contribution is 5.94. The number of hydrogen-bond donors (Lipinski definition) is 1. The van der Waals surface area contributed by atoms with E-state index in [0.717, 1.165) is 17.7 Å². The highest BCUT2D eigenvalue weighted by atomic mass is 19.4. The monoisotopic (exact) mass is 590 g/mol. The third kappa shape index (κ3) is 7.24. The molecule has 8 nitrogen and oxygen atoms in total. The molecule has 0 bridgehead atoms. The van der Waals surface area contributed by atoms with Crippen LogP contribution in [-0.2, 0) is 12.7 Å². The summed E-state index contributed by atoms with van der Waals surface area (Å²) in [6.45, 7) is 1.75. The summed E-state index contributed by atoms with van der Waals surface area (Å²) < 4.78 is 80.7. The smallest absolute Gasteiger partial charge is 0.376 e. The number of piperazine rings is 1. The van der Waals surface area contributed by atoms with E-state index < -0.39 is 24.5 Å². The number of amides is 1. The predicted octanol–water partition coefficient (Wildman–Crippen LogP) is 5.75. The third-order valence-corrected chi connectivity index (χ3v) is 6.64. The predicted molar refractivity (Wildman–Crippen MR) is 140 cm³/mol. The number of carbonyl (C=O) groups excluding carboxylic acids is 1. The van der Waals surface area contributed by atoms with Crippen molar-refractivity contribution in [3.63, 3.8) is 0 Å². The molecule has 0 unspecified atom stereocenters. The lowest BCUT2D eigenvalue weighted by atomic mass is 10.1. The molecule has 0 radical (unpaired) electrons. The zero-order valence-electron chi connectivity index (χ0n) is 21.9. The summed E-state index contributed by atoms with van der Waals surface area (Å²) in [5.41, 5.74) is 1.59. The lowest BCUT2D eigenvalue weighted by molar-refractivity contribution is -0.137. The van der Waals surface area contributed by atoms with E-state index in [1.807, 2.05) is 0 Å². The summed E-state index contributed by atoms with van der Waals surface area (Å²) in [5, 5.41) is 6.16. The first-order chi connectivity index (χ1) is 19.9. The number of rotatable bonds is 7. The number of nitrogens with one attached hydrogen (secondary N) is 1. The molecule has 14 heteroatoms. The van der Waals surface area contributed by atoms with Gasteiger partial charge in [0.15, 0.2) is 0 Å². The maximum atomic E-state index is 13.0. The van der Waals surface area contributed by atoms with E-state index in [4.69, 9.17) is 4.52 Å². The summed E-state index contributed by atoms with van der Waals surface area (Å²) in [4.78, 5) is 25.3. The third-order valence-electron chi connectivity index (χ3n) is 6.64. The van der Waals surface area contributed by atoms with Crippen molar-refractivity contribution in [3.8, 4) is 23.0 Å². The van der Waals surface area contributed by atoms with Crippen molar-refractivity contribution in [2.24, 2.45) is 0 Å². The molecule has 0 spiro atoms. The number of anilines is 1. The summed E-state index contributed by atoms with van der Waals surface area (Å²) in [7, 11) is 0. The van der Waals surface area contributed by atoms with Crippen molar-refractivity contribution >= 4 is 11.6 Å². The topological polar surface area (TPSA) is 87.4 Å². The first kappa shape index (κ1) is 29.0. The van der Waals surface area contributed by atoms with Crippen molar-refractivity contribution in [2.75, 3.05) is 38.0 Å². The van der Waals surface area contributed by atoms with Crippen LogP contribution in [-0.4, -0.2) is 69.7 Å². The van der Waals surface area contributed by atoms with E-state index in [1.165, 1.54) is 18.3 Å². The number of hydrogen-bond acceptors (Lipinski definition) is 7. The highest BCUT2D eigenvalue weighted by Gasteiger charge is 2.30. The standard InChI is InChI=1S/C28H24F6N6O2/c29-27(30,31)17-36-22-8-1-18(2-9-22)16-39-11-13-40(14-12-39)26(41)20-5-10-23(35-15-20)25-37-24(38-42-25)19-3-6-21(7-4-19)28(32,33)34/h1-10,15,36H,11-14,16-17H2. The van der Waals surface area contributed by atoms with Gasteiger partial charge in [0.25, 0.3) is 11.8 Å². The normalized spacial score (nSPS) is 14.7. The Labute approximate surface area is 236 Å². The number of carbonyl (C=O) groups is 1. The molecule has 220 valence electrons. The summed E-state index contributed by atoms with van der Waals surface area (Å²) >= 11 is 0. The van der Waals surface area contributed by atoms with Gasteiger partial charge in [-0.1, -0.05) is 29.4 Å². The van der Waals surface area contributed by atoms with E-state index in [0.29, 0.717) is 55.2 Å². The van der Waals surface area contributed by atoms with Crippen LogP contribution in [0.1, 0.15) is 21.5 Å². The molecule has 1 fully saturated rings. The molecule has 4 aromatic rings. The minimum Gasteiger partial charge on any atom is -0.376 e. The Morgan fingerprint density at radius 2 is 1.57 bits per heavy atom. The van der Waals surface area contributed by atoms with Crippen LogP contribution in [0.3, 0.4) is 0 Å². The first-order valence-electron chi connectivity index (χ1n) is 12.8. The Bertz CT molecular complexity index is 1490. The Balaban J connectivity index is 1.13. The average molecular weight is 591 g/mol. The molecule has 42 heavy (non-hydrogen) atoms. The van der Waals surface area contributed by atoms with Gasteiger partial charge < -0.3 is 14.7 Å². The van der Waals surface area contributed by atoms with Crippen LogP contribution < -0.4 is 5.32 Å². The van der Waals surface area contributed by atoms with Gasteiger partial charge in [0, 0.05) is 50.2 Å². The molecule has 5 rings (SSSR count). The number of nitrogens with zero attached hydrogens (tertiary/aromatic N) is 5. The van der Waals surface area contributed by atoms with Gasteiger partial charge in [0.2, 0.25) is 5.82 Å². The van der Waals surface area contributed by atoms with Crippen molar-refractivity contribution in [1.82, 2.24) is 24.9 Å². The van der Waals surface area contributed by atoms with E-state index in [1.54, 1.807) is 41.3 Å². The molecule has 1 N–H and O–H groups in total. The van der Waals surface area contributed by atoms with Crippen LogP contribution in [0.4, 0.5) is 32.0 Å². The number of pyridine rings is 1. The fourth-order valence-corrected chi connectivity index (χ4v) is 4.38. The molecular formula is C28H24F6N6O2. The van der Waals surface area contributed by atoms with Gasteiger partial charge in [-0.2, -0.15) is 31.3 Å². The van der Waals surface area contributed by atoms with Crippen LogP contribution in [0.15, 0.2) is 71.4 Å². The molecule has 2 aromatic heterocycles. The van der Waals surface area contributed by atoms with Gasteiger partial charge in [-0.05, 0) is 42.0 Å². The van der Waals surface area contributed by atoms with E-state index >= 15 is 0 Å². The second-order valence-electron chi connectivity index (χ2n) is 9.66. The van der Waals surface area contributed by atoms with Gasteiger partial charge in [-0.3, -0.25) is 14.7 Å². The van der Waals surface area contributed by atoms with Gasteiger partial charge in [-0.25, -0.2) is 0 Å². The molecule has 1 aliphatic rings. The molecule has 1 amide bonds. The van der Waals surface area contributed by atoms with Crippen LogP contribution in [0.2, 0.25) is 0 Å². The van der Waals surface area contributed by atoms with Crippen LogP contribution in [0.25, 0.3) is 23.0 Å². The zero-order valence-corrected chi connectivity index (χ0v) is 21.9. The fourth-order valence-electron chi connectivity index (χ4n) is 4.38. The second kappa shape index (κ2) is 11.8. The van der Waals surface area contributed by atoms with Crippen molar-refractivity contribution in [1.29, 1.82) is 0 Å². The van der Waals surface area contributed by atoms with Crippen molar-refractivity contribution in [2.45, 2.75) is 18.9 Å². The molecule has 0 aliphatic carbocycles. The van der Waals surface area contributed by atoms with E-state index in [2.05, 4.69) is 25.3 Å². The van der Waals surface area contributed by atoms with Gasteiger partial charge in [0.1, 0.15) is 12.2 Å².